The van der Waals surface area contributed by atoms with Crippen LogP contribution in [0.5, 0.6) is 17.2 Å². The molecule has 1 aliphatic carbocycles. The maximum atomic E-state index is 10.3. The summed E-state index contributed by atoms with van der Waals surface area (Å²) in [5, 5.41) is 13.7. The number of rotatable bonds is 7. The van der Waals surface area contributed by atoms with Gasteiger partial charge in [0.25, 0.3) is 0 Å². The fraction of sp³-hybridized carbons (Fsp3) is 0.625. The van der Waals surface area contributed by atoms with Gasteiger partial charge in [0.1, 0.15) is 5.75 Å². The molecule has 0 spiro atoms. The second-order valence-electron chi connectivity index (χ2n) is 5.55. The fourth-order valence-corrected chi connectivity index (χ4v) is 2.87. The summed E-state index contributed by atoms with van der Waals surface area (Å²) < 4.78 is 16.0. The molecule has 1 aromatic carbocycles. The lowest BCUT2D eigenvalue weighted by Crippen LogP contribution is -2.37. The molecule has 1 aromatic rings. The van der Waals surface area contributed by atoms with Gasteiger partial charge in [0.05, 0.1) is 26.9 Å². The summed E-state index contributed by atoms with van der Waals surface area (Å²) in [5.74, 6) is 2.07. The van der Waals surface area contributed by atoms with E-state index in [0.29, 0.717) is 24.6 Å². The van der Waals surface area contributed by atoms with E-state index < -0.39 is 5.60 Å². The van der Waals surface area contributed by atoms with Crippen LogP contribution in [-0.2, 0) is 6.54 Å². The van der Waals surface area contributed by atoms with Gasteiger partial charge in [-0.15, -0.1) is 0 Å². The molecule has 0 aliphatic heterocycles. The van der Waals surface area contributed by atoms with Gasteiger partial charge in [-0.1, -0.05) is 12.8 Å². The lowest BCUT2D eigenvalue weighted by atomic mass is 10.0. The molecule has 21 heavy (non-hydrogen) atoms. The van der Waals surface area contributed by atoms with Crippen molar-refractivity contribution in [3.63, 3.8) is 0 Å². The molecule has 0 radical (unpaired) electrons. The van der Waals surface area contributed by atoms with Crippen molar-refractivity contribution in [3.8, 4) is 17.2 Å². The largest absolute Gasteiger partial charge is 0.496 e. The van der Waals surface area contributed by atoms with Crippen LogP contribution in [0.15, 0.2) is 12.1 Å². The molecule has 1 aliphatic rings. The van der Waals surface area contributed by atoms with E-state index in [1.807, 2.05) is 12.1 Å². The van der Waals surface area contributed by atoms with Gasteiger partial charge < -0.3 is 24.6 Å². The quantitative estimate of drug-likeness (QED) is 0.807. The fourth-order valence-electron chi connectivity index (χ4n) is 2.87. The summed E-state index contributed by atoms with van der Waals surface area (Å²) in [6, 6.07) is 3.73. The van der Waals surface area contributed by atoms with E-state index in [9.17, 15) is 5.11 Å². The minimum absolute atomic E-state index is 0.552. The molecular weight excluding hydrogens is 270 g/mol. The Morgan fingerprint density at radius 2 is 1.57 bits per heavy atom. The zero-order chi connectivity index (χ0) is 15.3. The SMILES string of the molecule is COc1cc(OC)c(OC)cc1CNCC1(O)CCCC1. The average Bonchev–Trinajstić information content (AvgIpc) is 2.93. The van der Waals surface area contributed by atoms with E-state index in [2.05, 4.69) is 5.32 Å². The maximum Gasteiger partial charge on any atom is 0.164 e. The molecule has 0 heterocycles. The third-order valence-electron chi connectivity index (χ3n) is 4.09. The van der Waals surface area contributed by atoms with Crippen LogP contribution in [0.3, 0.4) is 0 Å². The number of hydrogen-bond acceptors (Lipinski definition) is 5. The predicted molar refractivity (Wildman–Crippen MR) is 81.2 cm³/mol. The number of methoxy groups -OCH3 is 3. The van der Waals surface area contributed by atoms with Crippen LogP contribution < -0.4 is 19.5 Å². The van der Waals surface area contributed by atoms with E-state index in [0.717, 1.165) is 37.0 Å². The first-order chi connectivity index (χ1) is 10.1. The number of ether oxygens (including phenoxy) is 3. The second-order valence-corrected chi connectivity index (χ2v) is 5.55. The Hall–Kier alpha value is -1.46. The van der Waals surface area contributed by atoms with Crippen molar-refractivity contribution in [1.29, 1.82) is 0 Å². The van der Waals surface area contributed by atoms with Gasteiger partial charge in [-0.2, -0.15) is 0 Å². The highest BCUT2D eigenvalue weighted by atomic mass is 16.5. The zero-order valence-corrected chi connectivity index (χ0v) is 13.1. The molecule has 2 rings (SSSR count). The predicted octanol–water partition coefficient (Wildman–Crippen LogP) is 2.11. The minimum atomic E-state index is -0.552. The molecule has 0 unspecified atom stereocenters. The summed E-state index contributed by atoms with van der Waals surface area (Å²) in [6.45, 7) is 1.22. The summed E-state index contributed by atoms with van der Waals surface area (Å²) in [5.41, 5.74) is 0.431. The van der Waals surface area contributed by atoms with Crippen molar-refractivity contribution in [1.82, 2.24) is 5.32 Å². The first-order valence-corrected chi connectivity index (χ1v) is 7.34. The van der Waals surface area contributed by atoms with E-state index in [1.54, 1.807) is 21.3 Å². The van der Waals surface area contributed by atoms with E-state index in [1.165, 1.54) is 0 Å². The van der Waals surface area contributed by atoms with Gasteiger partial charge in [0, 0.05) is 24.7 Å². The lowest BCUT2D eigenvalue weighted by molar-refractivity contribution is 0.0474. The van der Waals surface area contributed by atoms with Crippen molar-refractivity contribution >= 4 is 0 Å². The summed E-state index contributed by atoms with van der Waals surface area (Å²) in [4.78, 5) is 0. The molecular formula is C16H25NO4. The third kappa shape index (κ3) is 3.80. The smallest absolute Gasteiger partial charge is 0.164 e. The van der Waals surface area contributed by atoms with Gasteiger partial charge in [0.2, 0.25) is 0 Å². The Bertz CT molecular complexity index is 470. The van der Waals surface area contributed by atoms with Crippen LogP contribution in [0.4, 0.5) is 0 Å². The molecule has 5 nitrogen and oxygen atoms in total. The Morgan fingerprint density at radius 3 is 2.14 bits per heavy atom. The highest BCUT2D eigenvalue weighted by Gasteiger charge is 2.30. The van der Waals surface area contributed by atoms with E-state index in [4.69, 9.17) is 14.2 Å². The normalized spacial score (nSPS) is 16.8. The Labute approximate surface area is 126 Å². The first-order valence-electron chi connectivity index (χ1n) is 7.34. The Kier molecular flexibility index (Phi) is 5.31. The third-order valence-corrected chi connectivity index (χ3v) is 4.09. The molecule has 0 amide bonds. The summed E-state index contributed by atoms with van der Waals surface area (Å²) in [7, 11) is 4.85. The Morgan fingerprint density at radius 1 is 1.00 bits per heavy atom. The van der Waals surface area contributed by atoms with Crippen LogP contribution in [-0.4, -0.2) is 38.6 Å². The average molecular weight is 295 g/mol. The van der Waals surface area contributed by atoms with Gasteiger partial charge in [-0.05, 0) is 18.9 Å². The molecule has 118 valence electrons. The molecule has 1 saturated carbocycles. The van der Waals surface area contributed by atoms with Crippen LogP contribution in [0, 0.1) is 0 Å². The van der Waals surface area contributed by atoms with Gasteiger partial charge >= 0.3 is 0 Å². The Balaban J connectivity index is 2.04. The summed E-state index contributed by atoms with van der Waals surface area (Å²) in [6.07, 6.45) is 3.97. The van der Waals surface area contributed by atoms with E-state index >= 15 is 0 Å². The topological polar surface area (TPSA) is 60.0 Å². The monoisotopic (exact) mass is 295 g/mol. The van der Waals surface area contributed by atoms with Crippen LogP contribution in [0.1, 0.15) is 31.2 Å². The van der Waals surface area contributed by atoms with Crippen molar-refractivity contribution in [3.05, 3.63) is 17.7 Å². The molecule has 0 bridgehead atoms. The molecule has 0 aromatic heterocycles. The standard InChI is InChI=1S/C16H25NO4/c1-19-13-9-15(21-3)14(20-2)8-12(13)10-17-11-16(18)6-4-5-7-16/h8-9,17-18H,4-7,10-11H2,1-3H3. The minimum Gasteiger partial charge on any atom is -0.496 e. The number of nitrogens with one attached hydrogen (secondary N) is 1. The van der Waals surface area contributed by atoms with Crippen molar-refractivity contribution in [2.75, 3.05) is 27.9 Å². The lowest BCUT2D eigenvalue weighted by Gasteiger charge is -2.23. The van der Waals surface area contributed by atoms with Gasteiger partial charge in [-0.25, -0.2) is 0 Å². The van der Waals surface area contributed by atoms with E-state index in [-0.39, 0.29) is 0 Å². The molecule has 1 fully saturated rings. The molecule has 0 atom stereocenters. The van der Waals surface area contributed by atoms with Gasteiger partial charge in [0.15, 0.2) is 11.5 Å². The number of aliphatic hydroxyl groups is 1. The first kappa shape index (κ1) is 15.9. The number of hydrogen-bond donors (Lipinski definition) is 2. The highest BCUT2D eigenvalue weighted by molar-refractivity contribution is 5.50. The number of benzene rings is 1. The molecule has 0 saturated heterocycles. The zero-order valence-electron chi connectivity index (χ0n) is 13.1. The maximum absolute atomic E-state index is 10.3. The van der Waals surface area contributed by atoms with Crippen LogP contribution >= 0.6 is 0 Å². The molecule has 5 heteroatoms. The van der Waals surface area contributed by atoms with Crippen molar-refractivity contribution in [2.24, 2.45) is 0 Å². The van der Waals surface area contributed by atoms with Crippen molar-refractivity contribution < 1.29 is 19.3 Å². The van der Waals surface area contributed by atoms with Crippen molar-refractivity contribution in [2.45, 2.75) is 37.8 Å². The van der Waals surface area contributed by atoms with Crippen LogP contribution in [0.25, 0.3) is 0 Å². The second kappa shape index (κ2) is 7.00. The van der Waals surface area contributed by atoms with Crippen LogP contribution in [0.2, 0.25) is 0 Å². The summed E-state index contributed by atoms with van der Waals surface area (Å²) >= 11 is 0. The highest BCUT2D eigenvalue weighted by Crippen LogP contribution is 2.35. The van der Waals surface area contributed by atoms with Gasteiger partial charge in [-0.3, -0.25) is 0 Å². The molecule has 2 N–H and O–H groups in total.